The molecule has 0 amide bonds. The van der Waals surface area contributed by atoms with Crippen molar-refractivity contribution in [1.29, 1.82) is 0 Å². The minimum atomic E-state index is -0.948. The molecule has 0 spiro atoms. The Bertz CT molecular complexity index is 1340. The minimum absolute atomic E-state index is 0.0818. The largest absolute Gasteiger partial charge is 0.478 e. The van der Waals surface area contributed by atoms with Gasteiger partial charge in [-0.05, 0) is 38.0 Å². The summed E-state index contributed by atoms with van der Waals surface area (Å²) in [4.78, 5) is 40.8. The van der Waals surface area contributed by atoms with E-state index in [1.54, 1.807) is 18.2 Å². The summed E-state index contributed by atoms with van der Waals surface area (Å²) in [6, 6.07) is 11.0. The van der Waals surface area contributed by atoms with Gasteiger partial charge in [0.05, 0.1) is 29.2 Å². The van der Waals surface area contributed by atoms with E-state index >= 15 is 0 Å². The molecule has 0 N–H and O–H groups in total. The van der Waals surface area contributed by atoms with Crippen LogP contribution in [0.3, 0.4) is 0 Å². The molecular weight excluding hydrogens is 452 g/mol. The topological polar surface area (TPSA) is 126 Å². The predicted molar refractivity (Wildman–Crippen MR) is 130 cm³/mol. The first-order valence-electron chi connectivity index (χ1n) is 11.5. The molecule has 0 radical (unpaired) electrons. The van der Waals surface area contributed by atoms with Crippen molar-refractivity contribution in [3.05, 3.63) is 74.3 Å². The Hall–Kier alpha value is -4.08. The Morgan fingerprint density at radius 2 is 1.97 bits per heavy atom. The van der Waals surface area contributed by atoms with E-state index in [2.05, 4.69) is 5.10 Å². The number of aromatic nitrogens is 2. The van der Waals surface area contributed by atoms with Gasteiger partial charge in [0.15, 0.2) is 6.10 Å². The lowest BCUT2D eigenvalue weighted by Gasteiger charge is -2.22. The molecule has 1 saturated carbocycles. The van der Waals surface area contributed by atoms with E-state index in [0.29, 0.717) is 16.7 Å². The van der Waals surface area contributed by atoms with Crippen LogP contribution in [0, 0.1) is 10.1 Å². The third-order valence-corrected chi connectivity index (χ3v) is 6.10. The first-order chi connectivity index (χ1) is 16.9. The highest BCUT2D eigenvalue weighted by molar-refractivity contribution is 5.85. The van der Waals surface area contributed by atoms with E-state index in [-0.39, 0.29) is 28.5 Å². The van der Waals surface area contributed by atoms with E-state index in [9.17, 15) is 19.7 Å². The van der Waals surface area contributed by atoms with Gasteiger partial charge in [-0.1, -0.05) is 31.4 Å². The number of hydrogen-bond acceptors (Lipinski definition) is 8. The van der Waals surface area contributed by atoms with Gasteiger partial charge < -0.3 is 9.47 Å². The van der Waals surface area contributed by atoms with Crippen LogP contribution < -0.4 is 10.3 Å². The number of hydrogen-bond donors (Lipinski definition) is 0. The van der Waals surface area contributed by atoms with Gasteiger partial charge in [0.25, 0.3) is 11.2 Å². The number of esters is 1. The lowest BCUT2D eigenvalue weighted by molar-refractivity contribution is -0.384. The van der Waals surface area contributed by atoms with Crippen LogP contribution in [0.2, 0.25) is 0 Å². The number of nitrogens with zero attached hydrogens (tertiary/aromatic N) is 4. The highest BCUT2D eigenvalue weighted by atomic mass is 16.6. The Morgan fingerprint density at radius 1 is 1.23 bits per heavy atom. The van der Waals surface area contributed by atoms with Crippen molar-refractivity contribution in [1.82, 2.24) is 9.66 Å². The second kappa shape index (κ2) is 10.5. The van der Waals surface area contributed by atoms with E-state index in [4.69, 9.17) is 14.5 Å². The van der Waals surface area contributed by atoms with Crippen LogP contribution in [0.15, 0.2) is 52.4 Å². The summed E-state index contributed by atoms with van der Waals surface area (Å²) >= 11 is 0. The maximum atomic E-state index is 13.4. The van der Waals surface area contributed by atoms with Crippen molar-refractivity contribution in [2.24, 2.45) is 5.10 Å². The van der Waals surface area contributed by atoms with Crippen molar-refractivity contribution in [3.8, 4) is 5.75 Å². The van der Waals surface area contributed by atoms with Crippen molar-refractivity contribution in [3.63, 3.8) is 0 Å². The maximum Gasteiger partial charge on any atom is 0.346 e. The van der Waals surface area contributed by atoms with Gasteiger partial charge in [0.1, 0.15) is 11.6 Å². The van der Waals surface area contributed by atoms with Crippen molar-refractivity contribution >= 4 is 28.8 Å². The summed E-state index contributed by atoms with van der Waals surface area (Å²) in [5, 5.41) is 16.2. The third kappa shape index (κ3) is 5.21. The molecule has 2 aromatic carbocycles. The Balaban J connectivity index is 1.82. The number of fused-ring (bicyclic) bond motifs is 1. The Kier molecular flexibility index (Phi) is 7.19. The van der Waals surface area contributed by atoms with Crippen LogP contribution in [0.1, 0.15) is 56.3 Å². The smallest absolute Gasteiger partial charge is 0.346 e. The van der Waals surface area contributed by atoms with Gasteiger partial charge in [-0.25, -0.2) is 9.78 Å². The molecular formula is C25H26N4O6. The fraction of sp³-hybridized carbons (Fsp3) is 0.360. The third-order valence-electron chi connectivity index (χ3n) is 6.10. The van der Waals surface area contributed by atoms with Crippen LogP contribution in [0.5, 0.6) is 5.75 Å². The summed E-state index contributed by atoms with van der Waals surface area (Å²) in [5.74, 6) is 0.248. The number of nitro benzene ring substituents is 1. The van der Waals surface area contributed by atoms with Gasteiger partial charge in [-0.3, -0.25) is 14.9 Å². The number of methoxy groups -OCH3 is 1. The van der Waals surface area contributed by atoms with Crippen molar-refractivity contribution in [2.45, 2.75) is 51.0 Å². The number of non-ortho nitro benzene ring substituents is 1. The molecule has 182 valence electrons. The minimum Gasteiger partial charge on any atom is -0.478 e. The zero-order valence-corrected chi connectivity index (χ0v) is 19.5. The molecule has 0 aliphatic heterocycles. The normalized spacial score (nSPS) is 15.3. The lowest BCUT2D eigenvalue weighted by atomic mass is 9.88. The molecule has 1 aliphatic rings. The monoisotopic (exact) mass is 478 g/mol. The molecule has 10 heteroatoms. The molecule has 0 saturated heterocycles. The van der Waals surface area contributed by atoms with Gasteiger partial charge in [-0.2, -0.15) is 9.78 Å². The Morgan fingerprint density at radius 3 is 2.69 bits per heavy atom. The van der Waals surface area contributed by atoms with Crippen LogP contribution in [0.25, 0.3) is 10.9 Å². The lowest BCUT2D eigenvalue weighted by Crippen LogP contribution is -2.26. The van der Waals surface area contributed by atoms with Crippen LogP contribution in [-0.4, -0.2) is 40.0 Å². The fourth-order valence-corrected chi connectivity index (χ4v) is 4.26. The molecule has 1 aliphatic carbocycles. The highest BCUT2D eigenvalue weighted by Crippen LogP contribution is 2.32. The van der Waals surface area contributed by atoms with Gasteiger partial charge in [0.2, 0.25) is 0 Å². The number of rotatable bonds is 7. The number of benzene rings is 2. The first kappa shape index (κ1) is 24.1. The maximum absolute atomic E-state index is 13.4. The molecule has 1 aromatic heterocycles. The van der Waals surface area contributed by atoms with Crippen LogP contribution in [0.4, 0.5) is 5.69 Å². The molecule has 4 rings (SSSR count). The molecule has 1 heterocycles. The summed E-state index contributed by atoms with van der Waals surface area (Å²) in [7, 11) is 1.24. The van der Waals surface area contributed by atoms with Crippen LogP contribution in [-0.2, 0) is 9.53 Å². The average molecular weight is 479 g/mol. The molecule has 35 heavy (non-hydrogen) atoms. The van der Waals surface area contributed by atoms with Crippen molar-refractivity contribution < 1.29 is 19.2 Å². The van der Waals surface area contributed by atoms with Crippen molar-refractivity contribution in [2.75, 3.05) is 7.11 Å². The van der Waals surface area contributed by atoms with Gasteiger partial charge in [0, 0.05) is 23.6 Å². The highest BCUT2D eigenvalue weighted by Gasteiger charge is 2.23. The fourth-order valence-electron chi connectivity index (χ4n) is 4.26. The van der Waals surface area contributed by atoms with Gasteiger partial charge >= 0.3 is 5.97 Å². The Labute approximate surface area is 201 Å². The van der Waals surface area contributed by atoms with E-state index < -0.39 is 17.0 Å². The number of carbonyl (C=O) groups excluding carboxylic acids is 1. The number of para-hydroxylation sites is 1. The molecule has 0 unspecified atom stereocenters. The molecule has 1 fully saturated rings. The second-order valence-electron chi connectivity index (χ2n) is 8.45. The molecule has 1 atom stereocenters. The molecule has 3 aromatic rings. The number of carbonyl (C=O) groups is 1. The van der Waals surface area contributed by atoms with E-state index in [1.165, 1.54) is 43.1 Å². The number of ether oxygens (including phenoxy) is 2. The first-order valence-corrected chi connectivity index (χ1v) is 11.5. The van der Waals surface area contributed by atoms with Crippen LogP contribution >= 0.6 is 0 Å². The quantitative estimate of drug-likeness (QED) is 0.216. The second-order valence-corrected chi connectivity index (χ2v) is 8.45. The SMILES string of the molecule is COC(=O)[C@H](C)Oc1ccc([N+](=O)[O-])cc1C=Nn1c(C2CCCCC2)nc2ccccc2c1=O. The summed E-state index contributed by atoms with van der Waals surface area (Å²) in [6.45, 7) is 1.51. The average Bonchev–Trinajstić information content (AvgIpc) is 2.88. The zero-order valence-electron chi connectivity index (χ0n) is 19.5. The predicted octanol–water partition coefficient (Wildman–Crippen LogP) is 4.17. The van der Waals surface area contributed by atoms with E-state index in [1.807, 2.05) is 6.07 Å². The molecule has 0 bridgehead atoms. The molecule has 10 nitrogen and oxygen atoms in total. The summed E-state index contributed by atoms with van der Waals surface area (Å²) in [5.41, 5.74) is 0.352. The van der Waals surface area contributed by atoms with E-state index in [0.717, 1.165) is 32.1 Å². The standard InChI is InChI=1S/C25H26N4O6/c1-16(25(31)34-2)35-22-13-12-19(29(32)33)14-18(22)15-26-28-23(17-8-4-3-5-9-17)27-21-11-7-6-10-20(21)24(28)30/h6-7,10-17H,3-5,8-9H2,1-2H3/t16-/m0/s1. The summed E-state index contributed by atoms with van der Waals surface area (Å²) in [6.07, 6.45) is 5.43. The summed E-state index contributed by atoms with van der Waals surface area (Å²) < 4.78 is 11.7. The zero-order chi connectivity index (χ0) is 24.9. The number of nitro groups is 1. The van der Waals surface area contributed by atoms with Gasteiger partial charge in [-0.15, -0.1) is 0 Å².